The monoisotopic (exact) mass is 450 g/mol. The summed E-state index contributed by atoms with van der Waals surface area (Å²) in [4.78, 5) is 8.23. The molecular weight excluding hydrogens is 428 g/mol. The van der Waals surface area contributed by atoms with Crippen LogP contribution in [0.5, 0.6) is 5.75 Å². The first-order chi connectivity index (χ1) is 13.1. The Bertz CT molecular complexity index is 998. The summed E-state index contributed by atoms with van der Waals surface area (Å²) in [6.07, 6.45) is 3.78. The van der Waals surface area contributed by atoms with Gasteiger partial charge in [-0.2, -0.15) is 0 Å². The van der Waals surface area contributed by atoms with Crippen LogP contribution in [-0.4, -0.2) is 30.3 Å². The van der Waals surface area contributed by atoms with Crippen molar-refractivity contribution in [2.24, 2.45) is 0 Å². The standard InChI is InChI=1S/C20H23BrN2O3S/c1-2-3-8-19-22-17-6-4-7-18(20(17)23-19)27(24,25)16-11-9-15(10-12-16)26-14-5-13-21/h4,6-7,9-12H,2-3,5,8,13-14H2,1H3,(H,22,23). The molecule has 3 rings (SSSR count). The highest BCUT2D eigenvalue weighted by Crippen LogP contribution is 2.28. The first-order valence-electron chi connectivity index (χ1n) is 9.07. The number of nitrogens with zero attached hydrogens (tertiary/aromatic N) is 1. The molecule has 0 saturated heterocycles. The summed E-state index contributed by atoms with van der Waals surface area (Å²) in [5.74, 6) is 1.49. The number of benzene rings is 2. The van der Waals surface area contributed by atoms with Crippen molar-refractivity contribution in [1.29, 1.82) is 0 Å². The second-order valence-corrected chi connectivity index (χ2v) is 9.01. The number of fused-ring (bicyclic) bond motifs is 1. The molecule has 0 aliphatic carbocycles. The molecule has 0 unspecified atom stereocenters. The molecule has 1 aromatic heterocycles. The molecule has 2 aromatic carbocycles. The average molecular weight is 451 g/mol. The van der Waals surface area contributed by atoms with E-state index in [1.54, 1.807) is 36.4 Å². The first kappa shape index (κ1) is 19.9. The Kier molecular flexibility index (Phi) is 6.55. The summed E-state index contributed by atoms with van der Waals surface area (Å²) < 4.78 is 31.9. The molecule has 0 aliphatic rings. The third-order valence-corrected chi connectivity index (χ3v) is 6.64. The van der Waals surface area contributed by atoms with E-state index in [0.29, 0.717) is 23.4 Å². The lowest BCUT2D eigenvalue weighted by molar-refractivity contribution is 0.319. The molecule has 0 aliphatic heterocycles. The molecule has 0 fully saturated rings. The van der Waals surface area contributed by atoms with Gasteiger partial charge >= 0.3 is 0 Å². The van der Waals surface area contributed by atoms with E-state index in [0.717, 1.165) is 36.8 Å². The number of hydrogen-bond acceptors (Lipinski definition) is 4. The van der Waals surface area contributed by atoms with Crippen LogP contribution in [0.2, 0.25) is 0 Å². The Morgan fingerprint density at radius 3 is 2.59 bits per heavy atom. The average Bonchev–Trinajstić information content (AvgIpc) is 3.10. The zero-order valence-corrected chi connectivity index (χ0v) is 17.6. The van der Waals surface area contributed by atoms with Crippen molar-refractivity contribution in [1.82, 2.24) is 9.97 Å². The van der Waals surface area contributed by atoms with Crippen molar-refractivity contribution >= 4 is 36.8 Å². The summed E-state index contributed by atoms with van der Waals surface area (Å²) in [5, 5.41) is 0.869. The number of aryl methyl sites for hydroxylation is 1. The largest absolute Gasteiger partial charge is 0.494 e. The van der Waals surface area contributed by atoms with E-state index < -0.39 is 9.84 Å². The molecule has 0 amide bonds. The van der Waals surface area contributed by atoms with Crippen LogP contribution in [0.3, 0.4) is 0 Å². The lowest BCUT2D eigenvalue weighted by atomic mass is 10.2. The van der Waals surface area contributed by atoms with Gasteiger partial charge in [0.25, 0.3) is 0 Å². The van der Waals surface area contributed by atoms with Crippen LogP contribution in [0.1, 0.15) is 32.0 Å². The molecule has 1 N–H and O–H groups in total. The number of alkyl halides is 1. The van der Waals surface area contributed by atoms with E-state index in [-0.39, 0.29) is 9.79 Å². The number of aromatic amines is 1. The maximum atomic E-state index is 13.1. The fraction of sp³-hybridized carbons (Fsp3) is 0.350. The zero-order chi connectivity index (χ0) is 19.3. The Morgan fingerprint density at radius 1 is 1.11 bits per heavy atom. The smallest absolute Gasteiger partial charge is 0.208 e. The topological polar surface area (TPSA) is 72.1 Å². The van der Waals surface area contributed by atoms with E-state index in [2.05, 4.69) is 32.8 Å². The number of halogens is 1. The molecule has 0 spiro atoms. The minimum Gasteiger partial charge on any atom is -0.494 e. The van der Waals surface area contributed by atoms with Gasteiger partial charge in [-0.05, 0) is 49.2 Å². The summed E-state index contributed by atoms with van der Waals surface area (Å²) in [6.45, 7) is 2.71. The van der Waals surface area contributed by atoms with Gasteiger partial charge in [0.1, 0.15) is 11.6 Å². The van der Waals surface area contributed by atoms with Crippen molar-refractivity contribution in [3.05, 3.63) is 48.3 Å². The van der Waals surface area contributed by atoms with Crippen LogP contribution in [0.4, 0.5) is 0 Å². The predicted molar refractivity (Wildman–Crippen MR) is 111 cm³/mol. The van der Waals surface area contributed by atoms with Crippen LogP contribution in [0, 0.1) is 0 Å². The molecule has 7 heteroatoms. The van der Waals surface area contributed by atoms with Crippen molar-refractivity contribution < 1.29 is 13.2 Å². The molecule has 0 atom stereocenters. The summed E-state index contributed by atoms with van der Waals surface area (Å²) in [5.41, 5.74) is 1.25. The number of para-hydroxylation sites is 1. The number of unbranched alkanes of at least 4 members (excludes halogenated alkanes) is 1. The van der Waals surface area contributed by atoms with Crippen LogP contribution in [0.25, 0.3) is 11.0 Å². The van der Waals surface area contributed by atoms with Gasteiger partial charge in [0, 0.05) is 11.8 Å². The van der Waals surface area contributed by atoms with Gasteiger partial charge in [-0.3, -0.25) is 0 Å². The second-order valence-electron chi connectivity index (χ2n) is 6.30. The molecular formula is C20H23BrN2O3S. The van der Waals surface area contributed by atoms with Crippen molar-refractivity contribution in [2.75, 3.05) is 11.9 Å². The van der Waals surface area contributed by atoms with Crippen LogP contribution < -0.4 is 4.74 Å². The van der Waals surface area contributed by atoms with Gasteiger partial charge in [-0.25, -0.2) is 13.4 Å². The molecule has 144 valence electrons. The summed E-state index contributed by atoms with van der Waals surface area (Å²) in [7, 11) is -3.65. The lowest BCUT2D eigenvalue weighted by Crippen LogP contribution is -2.03. The summed E-state index contributed by atoms with van der Waals surface area (Å²) >= 11 is 3.35. The van der Waals surface area contributed by atoms with Gasteiger partial charge in [0.2, 0.25) is 9.84 Å². The zero-order valence-electron chi connectivity index (χ0n) is 15.2. The highest BCUT2D eigenvalue weighted by molar-refractivity contribution is 9.09. The van der Waals surface area contributed by atoms with Crippen molar-refractivity contribution in [2.45, 2.75) is 42.4 Å². The normalized spacial score (nSPS) is 11.8. The van der Waals surface area contributed by atoms with Crippen molar-refractivity contribution in [3.63, 3.8) is 0 Å². The molecule has 27 heavy (non-hydrogen) atoms. The maximum absolute atomic E-state index is 13.1. The quantitative estimate of drug-likeness (QED) is 0.371. The Labute approximate surface area is 168 Å². The number of H-pyrrole nitrogens is 1. The number of hydrogen-bond donors (Lipinski definition) is 1. The first-order valence-corrected chi connectivity index (χ1v) is 11.7. The number of imidazole rings is 1. The number of rotatable bonds is 9. The molecule has 0 saturated carbocycles. The molecule has 3 aromatic rings. The van der Waals surface area contributed by atoms with Crippen LogP contribution in [-0.2, 0) is 16.3 Å². The number of ether oxygens (including phenoxy) is 1. The summed E-state index contributed by atoms with van der Waals surface area (Å²) in [6, 6.07) is 11.8. The number of nitrogens with one attached hydrogen (secondary N) is 1. The fourth-order valence-electron chi connectivity index (χ4n) is 2.83. The van der Waals surface area contributed by atoms with Gasteiger partial charge in [-0.15, -0.1) is 0 Å². The molecule has 0 bridgehead atoms. The Morgan fingerprint density at radius 2 is 1.89 bits per heavy atom. The second kappa shape index (κ2) is 8.89. The number of aromatic nitrogens is 2. The minimum absolute atomic E-state index is 0.243. The molecule has 5 nitrogen and oxygen atoms in total. The minimum atomic E-state index is -3.65. The van der Waals surface area contributed by atoms with Gasteiger partial charge in [-0.1, -0.05) is 35.3 Å². The van der Waals surface area contributed by atoms with E-state index in [1.807, 2.05) is 6.07 Å². The van der Waals surface area contributed by atoms with E-state index in [9.17, 15) is 8.42 Å². The maximum Gasteiger partial charge on any atom is 0.208 e. The van der Waals surface area contributed by atoms with Crippen LogP contribution >= 0.6 is 15.9 Å². The van der Waals surface area contributed by atoms with E-state index in [1.165, 1.54) is 0 Å². The van der Waals surface area contributed by atoms with E-state index >= 15 is 0 Å². The molecule has 1 heterocycles. The third kappa shape index (κ3) is 4.52. The fourth-order valence-corrected chi connectivity index (χ4v) is 4.49. The van der Waals surface area contributed by atoms with Crippen LogP contribution in [0.15, 0.2) is 52.3 Å². The third-order valence-electron chi connectivity index (χ3n) is 4.27. The van der Waals surface area contributed by atoms with Gasteiger partial charge < -0.3 is 9.72 Å². The highest BCUT2D eigenvalue weighted by Gasteiger charge is 2.22. The predicted octanol–water partition coefficient (Wildman–Crippen LogP) is 4.90. The SMILES string of the molecule is CCCCc1nc2cccc(S(=O)(=O)c3ccc(OCCCBr)cc3)c2[nH]1. The van der Waals surface area contributed by atoms with Gasteiger partial charge in [0.05, 0.1) is 27.4 Å². The van der Waals surface area contributed by atoms with Gasteiger partial charge in [0.15, 0.2) is 0 Å². The lowest BCUT2D eigenvalue weighted by Gasteiger charge is -2.08. The van der Waals surface area contributed by atoms with Crippen molar-refractivity contribution in [3.8, 4) is 5.75 Å². The number of sulfone groups is 1. The van der Waals surface area contributed by atoms with E-state index in [4.69, 9.17) is 4.74 Å². The highest BCUT2D eigenvalue weighted by atomic mass is 79.9. The molecule has 0 radical (unpaired) electrons. The Balaban J connectivity index is 1.91. The Hall–Kier alpha value is -1.86.